The molecule has 3 rings (SSSR count). The summed E-state index contributed by atoms with van der Waals surface area (Å²) in [5.41, 5.74) is 4.55. The summed E-state index contributed by atoms with van der Waals surface area (Å²) in [4.78, 5) is 12.6. The minimum absolute atomic E-state index is 0.128. The van der Waals surface area contributed by atoms with Crippen molar-refractivity contribution in [3.05, 3.63) is 27.8 Å². The van der Waals surface area contributed by atoms with Crippen LogP contribution in [-0.2, 0) is 11.2 Å². The van der Waals surface area contributed by atoms with Crippen molar-refractivity contribution >= 4 is 17.7 Å². The predicted octanol–water partition coefficient (Wildman–Crippen LogP) is 4.12. The lowest BCUT2D eigenvalue weighted by molar-refractivity contribution is -0.124. The normalized spacial score (nSPS) is 20.2. The highest BCUT2D eigenvalue weighted by Crippen LogP contribution is 2.44. The van der Waals surface area contributed by atoms with Crippen LogP contribution in [-0.4, -0.2) is 34.4 Å². The van der Waals surface area contributed by atoms with Crippen LogP contribution in [0.3, 0.4) is 0 Å². The van der Waals surface area contributed by atoms with Crippen molar-refractivity contribution in [3.8, 4) is 11.5 Å². The molecule has 140 valence electrons. The summed E-state index contributed by atoms with van der Waals surface area (Å²) in [5, 5.41) is 16.6. The fourth-order valence-electron chi connectivity index (χ4n) is 3.63. The average molecular weight is 356 g/mol. The topological polar surface area (TPSA) is 62.1 Å². The molecule has 0 bridgehead atoms. The van der Waals surface area contributed by atoms with E-state index in [-0.39, 0.29) is 17.3 Å². The molecular formula is C21H28N2O3. The van der Waals surface area contributed by atoms with Gasteiger partial charge in [-0.05, 0) is 64.2 Å². The second kappa shape index (κ2) is 6.45. The molecule has 0 spiro atoms. The molecule has 0 saturated carbocycles. The van der Waals surface area contributed by atoms with Gasteiger partial charge in [-0.1, -0.05) is 13.3 Å². The van der Waals surface area contributed by atoms with Gasteiger partial charge in [-0.2, -0.15) is 5.10 Å². The summed E-state index contributed by atoms with van der Waals surface area (Å²) in [6, 6.07) is 0. The Morgan fingerprint density at radius 1 is 1.31 bits per heavy atom. The minimum atomic E-state index is -0.232. The molecule has 0 saturated heterocycles. The van der Waals surface area contributed by atoms with Gasteiger partial charge < -0.3 is 9.84 Å². The van der Waals surface area contributed by atoms with Gasteiger partial charge in [0.2, 0.25) is 0 Å². The van der Waals surface area contributed by atoms with E-state index in [1.165, 1.54) is 5.01 Å². The van der Waals surface area contributed by atoms with Gasteiger partial charge in [-0.3, -0.25) is 4.79 Å². The van der Waals surface area contributed by atoms with E-state index in [4.69, 9.17) is 4.74 Å². The van der Waals surface area contributed by atoms with Crippen LogP contribution in [0.15, 0.2) is 10.7 Å². The van der Waals surface area contributed by atoms with Crippen LogP contribution in [0.2, 0.25) is 0 Å². The van der Waals surface area contributed by atoms with Gasteiger partial charge >= 0.3 is 0 Å². The molecule has 0 aliphatic carbocycles. The first kappa shape index (κ1) is 18.5. The molecule has 0 radical (unpaired) electrons. The van der Waals surface area contributed by atoms with E-state index in [0.717, 1.165) is 53.8 Å². The lowest BCUT2D eigenvalue weighted by Gasteiger charge is -2.35. The SMILES string of the molecule is CCCC1=NN(C)C(=O)/C1=C\c1c(O)c(C)c(C)c2c1CCC(C)(C)O2. The van der Waals surface area contributed by atoms with E-state index in [0.29, 0.717) is 11.1 Å². The maximum Gasteiger partial charge on any atom is 0.275 e. The smallest absolute Gasteiger partial charge is 0.275 e. The molecule has 2 aliphatic rings. The van der Waals surface area contributed by atoms with Crippen molar-refractivity contribution in [3.63, 3.8) is 0 Å². The van der Waals surface area contributed by atoms with Crippen molar-refractivity contribution in [1.82, 2.24) is 5.01 Å². The Hall–Kier alpha value is -2.30. The summed E-state index contributed by atoms with van der Waals surface area (Å²) in [6.45, 7) is 10.1. The van der Waals surface area contributed by atoms with Crippen LogP contribution in [0.1, 0.15) is 62.3 Å². The summed E-state index contributed by atoms with van der Waals surface area (Å²) in [6.07, 6.45) is 5.12. The molecular weight excluding hydrogens is 328 g/mol. The number of hydrogen-bond acceptors (Lipinski definition) is 4. The number of phenolic OH excluding ortho intramolecular Hbond substituents is 1. The van der Waals surface area contributed by atoms with E-state index >= 15 is 0 Å². The molecule has 0 fully saturated rings. The number of hydrazone groups is 1. The highest BCUT2D eigenvalue weighted by Gasteiger charge is 2.33. The molecule has 0 atom stereocenters. The van der Waals surface area contributed by atoms with Crippen molar-refractivity contribution in [2.24, 2.45) is 5.10 Å². The molecule has 0 unspecified atom stereocenters. The van der Waals surface area contributed by atoms with Crippen LogP contribution >= 0.6 is 0 Å². The number of benzene rings is 1. The number of nitrogens with zero attached hydrogens (tertiary/aromatic N) is 2. The summed E-state index contributed by atoms with van der Waals surface area (Å²) < 4.78 is 6.25. The number of phenols is 1. The molecule has 26 heavy (non-hydrogen) atoms. The zero-order valence-electron chi connectivity index (χ0n) is 16.6. The first-order valence-corrected chi connectivity index (χ1v) is 9.28. The van der Waals surface area contributed by atoms with Gasteiger partial charge in [-0.15, -0.1) is 0 Å². The monoisotopic (exact) mass is 356 g/mol. The fourth-order valence-corrected chi connectivity index (χ4v) is 3.63. The van der Waals surface area contributed by atoms with Crippen LogP contribution in [0.5, 0.6) is 11.5 Å². The maximum absolute atomic E-state index is 12.6. The van der Waals surface area contributed by atoms with Crippen molar-refractivity contribution in [2.75, 3.05) is 7.05 Å². The molecule has 1 aromatic rings. The quantitative estimate of drug-likeness (QED) is 0.829. The van der Waals surface area contributed by atoms with Crippen molar-refractivity contribution in [2.45, 2.75) is 65.9 Å². The summed E-state index contributed by atoms with van der Waals surface area (Å²) in [5.74, 6) is 0.948. The molecule has 1 N–H and O–H groups in total. The third-order valence-electron chi connectivity index (χ3n) is 5.35. The van der Waals surface area contributed by atoms with Gasteiger partial charge in [0.15, 0.2) is 0 Å². The fraction of sp³-hybridized carbons (Fsp3) is 0.524. The van der Waals surface area contributed by atoms with E-state index in [1.54, 1.807) is 7.05 Å². The van der Waals surface area contributed by atoms with Crippen molar-refractivity contribution in [1.29, 1.82) is 0 Å². The lowest BCUT2D eigenvalue weighted by atomic mass is 9.86. The molecule has 0 aromatic heterocycles. The number of rotatable bonds is 3. The number of carbonyl (C=O) groups is 1. The number of likely N-dealkylation sites (N-methyl/N-ethyl adjacent to an activating group) is 1. The van der Waals surface area contributed by atoms with Gasteiger partial charge in [0, 0.05) is 18.2 Å². The third-order valence-corrected chi connectivity index (χ3v) is 5.35. The lowest BCUT2D eigenvalue weighted by Crippen LogP contribution is -2.33. The molecule has 1 amide bonds. The Bertz CT molecular complexity index is 834. The zero-order valence-corrected chi connectivity index (χ0v) is 16.6. The first-order valence-electron chi connectivity index (χ1n) is 9.28. The van der Waals surface area contributed by atoms with E-state index in [9.17, 15) is 9.90 Å². The standard InChI is InChI=1S/C21H28N2O3/c1-7-8-17-16(20(25)23(6)22-17)11-15-14-9-10-21(4,5)26-19(14)13(3)12(2)18(15)24/h11,24H,7-10H2,1-6H3/b16-11-. The van der Waals surface area contributed by atoms with E-state index in [2.05, 4.69) is 25.9 Å². The number of hydrogen-bond donors (Lipinski definition) is 1. The molecule has 2 heterocycles. The third kappa shape index (κ3) is 3.00. The second-order valence-corrected chi connectivity index (χ2v) is 7.87. The number of fused-ring (bicyclic) bond motifs is 1. The predicted molar refractivity (Wildman–Crippen MR) is 104 cm³/mol. The van der Waals surface area contributed by atoms with Crippen LogP contribution in [0, 0.1) is 13.8 Å². The number of carbonyl (C=O) groups excluding carboxylic acids is 1. The van der Waals surface area contributed by atoms with Crippen molar-refractivity contribution < 1.29 is 14.6 Å². The Kier molecular flexibility index (Phi) is 4.59. The van der Waals surface area contributed by atoms with Gasteiger partial charge in [-0.25, -0.2) is 5.01 Å². The highest BCUT2D eigenvalue weighted by atomic mass is 16.5. The van der Waals surface area contributed by atoms with Crippen LogP contribution < -0.4 is 4.74 Å². The molecule has 5 nitrogen and oxygen atoms in total. The Labute approximate surface area is 155 Å². The maximum atomic E-state index is 12.6. The molecule has 2 aliphatic heterocycles. The minimum Gasteiger partial charge on any atom is -0.507 e. The number of ether oxygens (including phenoxy) is 1. The summed E-state index contributed by atoms with van der Waals surface area (Å²) >= 11 is 0. The number of amides is 1. The van der Waals surface area contributed by atoms with Gasteiger partial charge in [0.25, 0.3) is 5.91 Å². The van der Waals surface area contributed by atoms with Gasteiger partial charge in [0.1, 0.15) is 17.1 Å². The molecule has 1 aromatic carbocycles. The Morgan fingerprint density at radius 3 is 2.65 bits per heavy atom. The first-order chi connectivity index (χ1) is 12.2. The average Bonchev–Trinajstić information content (AvgIpc) is 2.84. The zero-order chi connectivity index (χ0) is 19.2. The van der Waals surface area contributed by atoms with Gasteiger partial charge in [0.05, 0.1) is 11.3 Å². The highest BCUT2D eigenvalue weighted by molar-refractivity contribution is 6.27. The summed E-state index contributed by atoms with van der Waals surface area (Å²) in [7, 11) is 1.67. The second-order valence-electron chi connectivity index (χ2n) is 7.87. The van der Waals surface area contributed by atoms with Crippen LogP contribution in [0.25, 0.3) is 6.08 Å². The molecule has 5 heteroatoms. The Balaban J connectivity index is 2.19. The Morgan fingerprint density at radius 2 is 2.00 bits per heavy atom. The van der Waals surface area contributed by atoms with E-state index in [1.807, 2.05) is 19.9 Å². The number of aromatic hydroxyl groups is 1. The van der Waals surface area contributed by atoms with E-state index < -0.39 is 0 Å². The largest absolute Gasteiger partial charge is 0.507 e. The van der Waals surface area contributed by atoms with Crippen LogP contribution in [0.4, 0.5) is 0 Å².